The molecule has 0 heterocycles. The van der Waals surface area contributed by atoms with Crippen LogP contribution < -0.4 is 0 Å². The third kappa shape index (κ3) is 4.55. The van der Waals surface area contributed by atoms with Gasteiger partial charge in [-0.25, -0.2) is 30.7 Å². The van der Waals surface area contributed by atoms with Gasteiger partial charge in [-0.05, 0) is 67.3 Å². The van der Waals surface area contributed by atoms with Crippen molar-refractivity contribution in [2.45, 2.75) is 51.4 Å². The quantitative estimate of drug-likeness (QED) is 0.255. The van der Waals surface area contributed by atoms with Gasteiger partial charge in [-0.3, -0.25) is 0 Å². The van der Waals surface area contributed by atoms with Gasteiger partial charge in [-0.2, -0.15) is 0 Å². The van der Waals surface area contributed by atoms with Crippen molar-refractivity contribution in [3.63, 3.8) is 0 Å². The van der Waals surface area contributed by atoms with Gasteiger partial charge in [0.2, 0.25) is 0 Å². The van der Waals surface area contributed by atoms with E-state index in [-0.39, 0.29) is 18.1 Å². The average Bonchev–Trinajstić information content (AvgIpc) is 2.71. The summed E-state index contributed by atoms with van der Waals surface area (Å²) in [5, 5.41) is 0. The standard InChI is InChI=1S/C23H21F7/c1-2-3-12-4-6-13(7-5-12)14-8-16(24)20(17(25)9-14)23(30)21(28)15-10-18(26)22(29)19(27)11-15/h8-13H,2-7H2,1H3/b23-21+. The number of hydrogen-bond acceptors (Lipinski definition) is 0. The van der Waals surface area contributed by atoms with Crippen molar-refractivity contribution in [1.82, 2.24) is 0 Å². The number of benzene rings is 2. The van der Waals surface area contributed by atoms with Crippen LogP contribution in [0.2, 0.25) is 0 Å². The van der Waals surface area contributed by atoms with Gasteiger partial charge in [-0.15, -0.1) is 0 Å². The zero-order valence-electron chi connectivity index (χ0n) is 16.4. The molecule has 0 unspecified atom stereocenters. The maximum atomic E-state index is 14.5. The molecule has 0 spiro atoms. The van der Waals surface area contributed by atoms with Crippen molar-refractivity contribution in [3.8, 4) is 0 Å². The summed E-state index contributed by atoms with van der Waals surface area (Å²) in [7, 11) is 0. The molecular weight excluding hydrogens is 409 g/mol. The van der Waals surface area contributed by atoms with Gasteiger partial charge in [0.05, 0.1) is 5.56 Å². The van der Waals surface area contributed by atoms with Gasteiger partial charge in [0.25, 0.3) is 0 Å². The molecule has 1 saturated carbocycles. The Labute approximate surface area is 170 Å². The highest BCUT2D eigenvalue weighted by atomic mass is 19.2. The largest absolute Gasteiger partial charge is 0.206 e. The molecular formula is C23H21F7. The molecule has 0 radical (unpaired) electrons. The third-order valence-corrected chi connectivity index (χ3v) is 5.73. The van der Waals surface area contributed by atoms with Crippen molar-refractivity contribution >= 4 is 11.7 Å². The summed E-state index contributed by atoms with van der Waals surface area (Å²) in [6, 6.07) is 2.38. The topological polar surface area (TPSA) is 0 Å². The van der Waals surface area contributed by atoms with Crippen LogP contribution in [0.5, 0.6) is 0 Å². The lowest BCUT2D eigenvalue weighted by atomic mass is 9.77. The molecule has 0 bridgehead atoms. The van der Waals surface area contributed by atoms with Gasteiger partial charge in [0.1, 0.15) is 11.6 Å². The van der Waals surface area contributed by atoms with Gasteiger partial charge < -0.3 is 0 Å². The van der Waals surface area contributed by atoms with Gasteiger partial charge >= 0.3 is 0 Å². The molecule has 0 amide bonds. The fourth-order valence-corrected chi connectivity index (χ4v) is 4.15. The minimum atomic E-state index is -1.95. The molecule has 0 aromatic heterocycles. The minimum absolute atomic E-state index is 0.0756. The normalized spacial score (nSPS) is 20.3. The van der Waals surface area contributed by atoms with E-state index in [4.69, 9.17) is 0 Å². The van der Waals surface area contributed by atoms with Crippen LogP contribution in [0.15, 0.2) is 24.3 Å². The van der Waals surface area contributed by atoms with E-state index in [1.807, 2.05) is 0 Å². The van der Waals surface area contributed by atoms with E-state index in [0.717, 1.165) is 50.7 Å². The molecule has 2 aromatic carbocycles. The van der Waals surface area contributed by atoms with Crippen LogP contribution in [0.4, 0.5) is 30.7 Å². The molecule has 7 heteroatoms. The summed E-state index contributed by atoms with van der Waals surface area (Å²) < 4.78 is 97.5. The van der Waals surface area contributed by atoms with Crippen LogP contribution in [0, 0.1) is 35.0 Å². The van der Waals surface area contributed by atoms with E-state index in [1.165, 1.54) is 0 Å². The second-order valence-corrected chi connectivity index (χ2v) is 7.75. The molecule has 1 aliphatic rings. The Morgan fingerprint density at radius 2 is 1.30 bits per heavy atom. The number of hydrogen-bond donors (Lipinski definition) is 0. The lowest BCUT2D eigenvalue weighted by molar-refractivity contribution is 0.307. The van der Waals surface area contributed by atoms with Gasteiger partial charge in [0, 0.05) is 5.56 Å². The zero-order chi connectivity index (χ0) is 22.0. The Balaban J connectivity index is 1.91. The Kier molecular flexibility index (Phi) is 6.88. The zero-order valence-corrected chi connectivity index (χ0v) is 16.4. The van der Waals surface area contributed by atoms with Crippen molar-refractivity contribution in [3.05, 3.63) is 70.0 Å². The Hall–Kier alpha value is -2.31. The molecule has 0 aliphatic heterocycles. The monoisotopic (exact) mass is 430 g/mol. The second kappa shape index (κ2) is 9.23. The minimum Gasteiger partial charge on any atom is -0.206 e. The molecule has 1 aliphatic carbocycles. The number of rotatable bonds is 5. The molecule has 3 rings (SSSR count). The van der Waals surface area contributed by atoms with Gasteiger partial charge in [0.15, 0.2) is 29.1 Å². The summed E-state index contributed by atoms with van der Waals surface area (Å²) in [6.07, 6.45) is 5.57. The SMILES string of the molecule is CCCC1CCC(c2cc(F)c(/C(F)=C(\F)c3cc(F)c(F)c(F)c3)c(F)c2)CC1. The van der Waals surface area contributed by atoms with Crippen molar-refractivity contribution in [2.75, 3.05) is 0 Å². The Morgan fingerprint density at radius 3 is 1.80 bits per heavy atom. The summed E-state index contributed by atoms with van der Waals surface area (Å²) in [5.74, 6) is -11.3. The van der Waals surface area contributed by atoms with Crippen molar-refractivity contribution in [2.24, 2.45) is 5.92 Å². The van der Waals surface area contributed by atoms with Crippen LogP contribution >= 0.6 is 0 Å². The fourth-order valence-electron chi connectivity index (χ4n) is 4.15. The lowest BCUT2D eigenvalue weighted by Crippen LogP contribution is -2.14. The van der Waals surface area contributed by atoms with Crippen molar-refractivity contribution < 1.29 is 30.7 Å². The first-order chi connectivity index (χ1) is 14.2. The maximum Gasteiger partial charge on any atom is 0.194 e. The van der Waals surface area contributed by atoms with E-state index < -0.39 is 51.9 Å². The van der Waals surface area contributed by atoms with Crippen molar-refractivity contribution in [1.29, 1.82) is 0 Å². The average molecular weight is 430 g/mol. The Bertz CT molecular complexity index is 910. The van der Waals surface area contributed by atoms with Crippen LogP contribution in [-0.2, 0) is 0 Å². The molecule has 0 atom stereocenters. The summed E-state index contributed by atoms with van der Waals surface area (Å²) >= 11 is 0. The highest BCUT2D eigenvalue weighted by Crippen LogP contribution is 2.40. The van der Waals surface area contributed by atoms with E-state index in [0.29, 0.717) is 11.5 Å². The summed E-state index contributed by atoms with van der Waals surface area (Å²) in [4.78, 5) is 0. The van der Waals surface area contributed by atoms with Crippen LogP contribution in [-0.4, -0.2) is 0 Å². The first kappa shape index (κ1) is 22.4. The molecule has 162 valence electrons. The highest BCUT2D eigenvalue weighted by Gasteiger charge is 2.26. The lowest BCUT2D eigenvalue weighted by Gasteiger charge is -2.28. The van der Waals surface area contributed by atoms with Crippen LogP contribution in [0.3, 0.4) is 0 Å². The molecule has 0 saturated heterocycles. The molecule has 0 nitrogen and oxygen atoms in total. The second-order valence-electron chi connectivity index (χ2n) is 7.75. The van der Waals surface area contributed by atoms with E-state index in [1.54, 1.807) is 0 Å². The number of halogens is 7. The predicted octanol–water partition coefficient (Wildman–Crippen LogP) is 8.22. The Morgan fingerprint density at radius 1 is 0.767 bits per heavy atom. The molecule has 0 N–H and O–H groups in total. The first-order valence-corrected chi connectivity index (χ1v) is 9.92. The maximum absolute atomic E-state index is 14.5. The fraction of sp³-hybridized carbons (Fsp3) is 0.391. The highest BCUT2D eigenvalue weighted by molar-refractivity contribution is 5.83. The predicted molar refractivity (Wildman–Crippen MR) is 101 cm³/mol. The van der Waals surface area contributed by atoms with E-state index in [9.17, 15) is 30.7 Å². The van der Waals surface area contributed by atoms with Crippen LogP contribution in [0.25, 0.3) is 11.7 Å². The first-order valence-electron chi connectivity index (χ1n) is 9.92. The summed E-state index contributed by atoms with van der Waals surface area (Å²) in [6.45, 7) is 2.10. The van der Waals surface area contributed by atoms with E-state index >= 15 is 0 Å². The van der Waals surface area contributed by atoms with Gasteiger partial charge in [-0.1, -0.05) is 19.8 Å². The smallest absolute Gasteiger partial charge is 0.194 e. The summed E-state index contributed by atoms with van der Waals surface area (Å²) in [5.41, 5.74) is -1.89. The van der Waals surface area contributed by atoms with Crippen LogP contribution in [0.1, 0.15) is 68.1 Å². The van der Waals surface area contributed by atoms with E-state index in [2.05, 4.69) is 6.92 Å². The molecule has 30 heavy (non-hydrogen) atoms. The third-order valence-electron chi connectivity index (χ3n) is 5.73. The molecule has 1 fully saturated rings. The molecule has 2 aromatic rings.